The van der Waals surface area contributed by atoms with Crippen molar-refractivity contribution in [2.24, 2.45) is 5.41 Å². The van der Waals surface area contributed by atoms with Crippen LogP contribution < -0.4 is 0 Å². The van der Waals surface area contributed by atoms with Crippen LogP contribution in [0.3, 0.4) is 0 Å². The van der Waals surface area contributed by atoms with Crippen molar-refractivity contribution in [1.82, 2.24) is 0 Å². The molecule has 1 aliphatic heterocycles. The van der Waals surface area contributed by atoms with Crippen LogP contribution in [-0.4, -0.2) is 5.60 Å². The summed E-state index contributed by atoms with van der Waals surface area (Å²) in [5.41, 5.74) is 2.13. The van der Waals surface area contributed by atoms with Gasteiger partial charge in [-0.2, -0.15) is 0 Å². The van der Waals surface area contributed by atoms with Crippen molar-refractivity contribution in [3.05, 3.63) is 35.4 Å². The van der Waals surface area contributed by atoms with E-state index < -0.39 is 5.79 Å². The Bertz CT molecular complexity index is 448. The lowest BCUT2D eigenvalue weighted by molar-refractivity contribution is -0.291. The first-order valence-electron chi connectivity index (χ1n) is 6.30. The predicted octanol–water partition coefficient (Wildman–Crippen LogP) is 4.60. The maximum absolute atomic E-state index is 6.37. The summed E-state index contributed by atoms with van der Waals surface area (Å²) in [7, 11) is 0. The van der Waals surface area contributed by atoms with Crippen LogP contribution in [0.15, 0.2) is 24.3 Å². The Morgan fingerprint density at radius 3 is 2.39 bits per heavy atom. The lowest BCUT2D eigenvalue weighted by Gasteiger charge is -2.51. The van der Waals surface area contributed by atoms with Crippen molar-refractivity contribution >= 4 is 23.0 Å². The minimum Gasteiger partial charge on any atom is -0.338 e. The highest BCUT2D eigenvalue weighted by atomic mass is 127. The Kier molecular flexibility index (Phi) is 3.54. The van der Waals surface area contributed by atoms with E-state index in [1.165, 1.54) is 5.56 Å². The quantitative estimate of drug-likeness (QED) is 0.682. The van der Waals surface area contributed by atoms with Crippen LogP contribution in [0.25, 0.3) is 0 Å². The van der Waals surface area contributed by atoms with Gasteiger partial charge in [-0.25, -0.2) is 0 Å². The van der Waals surface area contributed by atoms with Crippen molar-refractivity contribution in [3.63, 3.8) is 0 Å². The molecule has 0 N–H and O–H groups in total. The Labute approximate surface area is 124 Å². The highest BCUT2D eigenvalue weighted by Crippen LogP contribution is 2.51. The molecule has 1 aromatic carbocycles. The highest BCUT2D eigenvalue weighted by molar-refractivity contribution is 14.1. The van der Waals surface area contributed by atoms with Gasteiger partial charge in [0.25, 0.3) is 0 Å². The maximum Gasteiger partial charge on any atom is 0.211 e. The van der Waals surface area contributed by atoms with Crippen LogP contribution in [-0.2, 0) is 20.0 Å². The minimum atomic E-state index is -0.689. The van der Waals surface area contributed by atoms with E-state index in [0.717, 1.165) is 12.0 Å². The molecular formula is C15H21IO2. The number of rotatable bonds is 1. The highest BCUT2D eigenvalue weighted by Gasteiger charge is 2.53. The smallest absolute Gasteiger partial charge is 0.211 e. The van der Waals surface area contributed by atoms with Gasteiger partial charge in [-0.15, -0.1) is 0 Å². The summed E-state index contributed by atoms with van der Waals surface area (Å²) in [5, 5.41) is 0. The second-order valence-corrected chi connectivity index (χ2v) is 7.08. The summed E-state index contributed by atoms with van der Waals surface area (Å²) in [6.07, 6.45) is 0.918. The maximum atomic E-state index is 6.37. The summed E-state index contributed by atoms with van der Waals surface area (Å²) in [4.78, 5) is 0. The minimum absolute atomic E-state index is 0.137. The number of ether oxygens (including phenoxy) is 1. The summed E-state index contributed by atoms with van der Waals surface area (Å²) in [5.74, 6) is -0.689. The third kappa shape index (κ3) is 2.21. The average molecular weight is 360 g/mol. The van der Waals surface area contributed by atoms with E-state index in [4.69, 9.17) is 7.80 Å². The molecule has 0 aliphatic carbocycles. The van der Waals surface area contributed by atoms with Gasteiger partial charge in [-0.3, -0.25) is 3.07 Å². The topological polar surface area (TPSA) is 18.5 Å². The van der Waals surface area contributed by atoms with Gasteiger partial charge in [0, 0.05) is 17.4 Å². The van der Waals surface area contributed by atoms with Crippen LogP contribution in [0.4, 0.5) is 0 Å². The molecule has 0 fully saturated rings. The largest absolute Gasteiger partial charge is 0.338 e. The fourth-order valence-corrected chi connectivity index (χ4v) is 3.65. The summed E-state index contributed by atoms with van der Waals surface area (Å²) in [6.45, 7) is 10.7. The van der Waals surface area contributed by atoms with Gasteiger partial charge in [0.1, 0.15) is 23.0 Å². The van der Waals surface area contributed by atoms with Gasteiger partial charge in [0.2, 0.25) is 5.79 Å². The number of halogens is 1. The molecule has 0 spiro atoms. The fourth-order valence-electron chi connectivity index (χ4n) is 2.66. The van der Waals surface area contributed by atoms with Gasteiger partial charge >= 0.3 is 0 Å². The molecule has 1 unspecified atom stereocenters. The third-order valence-electron chi connectivity index (χ3n) is 3.50. The summed E-state index contributed by atoms with van der Waals surface area (Å²) < 4.78 is 12.2. The average Bonchev–Trinajstić information content (AvgIpc) is 2.24. The van der Waals surface area contributed by atoms with Crippen molar-refractivity contribution in [3.8, 4) is 0 Å². The molecule has 0 amide bonds. The first kappa shape index (κ1) is 14.3. The number of fused-ring (bicyclic) bond motifs is 1. The van der Waals surface area contributed by atoms with E-state index in [1.807, 2.05) is 23.0 Å². The molecule has 0 aromatic heterocycles. The van der Waals surface area contributed by atoms with Gasteiger partial charge in [-0.1, -0.05) is 45.0 Å². The third-order valence-corrected chi connectivity index (χ3v) is 4.12. The summed E-state index contributed by atoms with van der Waals surface area (Å²) >= 11 is 1.97. The zero-order valence-electron chi connectivity index (χ0n) is 11.7. The Morgan fingerprint density at radius 1 is 1.22 bits per heavy atom. The standard InChI is InChI=1S/C15H21IO2/c1-13(2,3)15(18-16)12-9-7-6-8-11(12)10-14(4,5)17-15/h6-9H,10H2,1-5H3. The Morgan fingerprint density at radius 2 is 1.83 bits per heavy atom. The number of hydrogen-bond donors (Lipinski definition) is 0. The second kappa shape index (κ2) is 4.46. The van der Waals surface area contributed by atoms with E-state index >= 15 is 0 Å². The monoisotopic (exact) mass is 360 g/mol. The molecule has 0 saturated carbocycles. The van der Waals surface area contributed by atoms with Gasteiger partial charge in [0.05, 0.1) is 5.60 Å². The van der Waals surface area contributed by atoms with Crippen molar-refractivity contribution in [2.75, 3.05) is 0 Å². The van der Waals surface area contributed by atoms with Crippen LogP contribution in [0.2, 0.25) is 0 Å². The first-order chi connectivity index (χ1) is 8.22. The van der Waals surface area contributed by atoms with Crippen molar-refractivity contribution in [2.45, 2.75) is 52.4 Å². The van der Waals surface area contributed by atoms with Gasteiger partial charge in [-0.05, 0) is 19.4 Å². The summed E-state index contributed by atoms with van der Waals surface area (Å²) in [6, 6.07) is 8.43. The van der Waals surface area contributed by atoms with Crippen molar-refractivity contribution in [1.29, 1.82) is 0 Å². The normalized spacial score (nSPS) is 26.8. The molecule has 100 valence electrons. The number of benzene rings is 1. The molecule has 18 heavy (non-hydrogen) atoms. The molecule has 2 rings (SSSR count). The molecule has 1 heterocycles. The van der Waals surface area contributed by atoms with E-state index in [2.05, 4.69) is 58.9 Å². The lowest BCUT2D eigenvalue weighted by Crippen LogP contribution is -2.53. The molecule has 1 aromatic rings. The zero-order valence-corrected chi connectivity index (χ0v) is 13.9. The molecule has 0 bridgehead atoms. The Hall–Kier alpha value is -0.130. The number of hydrogen-bond acceptors (Lipinski definition) is 2. The fraction of sp³-hybridized carbons (Fsp3) is 0.600. The van der Waals surface area contributed by atoms with Crippen LogP contribution in [0.1, 0.15) is 45.7 Å². The molecular weight excluding hydrogens is 339 g/mol. The van der Waals surface area contributed by atoms with Crippen LogP contribution >= 0.6 is 23.0 Å². The predicted molar refractivity (Wildman–Crippen MR) is 81.5 cm³/mol. The molecule has 1 aliphatic rings. The lowest BCUT2D eigenvalue weighted by atomic mass is 9.75. The van der Waals surface area contributed by atoms with E-state index in [0.29, 0.717) is 0 Å². The van der Waals surface area contributed by atoms with Gasteiger partial charge in [0.15, 0.2) is 0 Å². The molecule has 2 nitrogen and oxygen atoms in total. The van der Waals surface area contributed by atoms with E-state index in [1.54, 1.807) is 0 Å². The van der Waals surface area contributed by atoms with E-state index in [-0.39, 0.29) is 11.0 Å². The molecule has 0 radical (unpaired) electrons. The van der Waals surface area contributed by atoms with Crippen LogP contribution in [0.5, 0.6) is 0 Å². The molecule has 0 saturated heterocycles. The molecule has 3 heteroatoms. The first-order valence-corrected chi connectivity index (χ1v) is 7.18. The van der Waals surface area contributed by atoms with E-state index in [9.17, 15) is 0 Å². The van der Waals surface area contributed by atoms with Crippen molar-refractivity contribution < 1.29 is 7.80 Å². The SMILES string of the molecule is CC1(C)Cc2ccccc2C(OI)(C(C)(C)C)O1. The van der Waals surface area contributed by atoms with Gasteiger partial charge < -0.3 is 4.74 Å². The Balaban J connectivity index is 2.66. The van der Waals surface area contributed by atoms with Crippen LogP contribution in [0, 0.1) is 5.41 Å². The zero-order chi connectivity index (χ0) is 13.6. The second-order valence-electron chi connectivity index (χ2n) is 6.64. The molecule has 1 atom stereocenters.